The summed E-state index contributed by atoms with van der Waals surface area (Å²) >= 11 is 0. The average Bonchev–Trinajstić information content (AvgIpc) is 2.48. The fourth-order valence-corrected chi connectivity index (χ4v) is 2.03. The number of nitrogens with one attached hydrogen (secondary N) is 1. The predicted molar refractivity (Wildman–Crippen MR) is 90.3 cm³/mol. The summed E-state index contributed by atoms with van der Waals surface area (Å²) in [4.78, 5) is 20.2. The Morgan fingerprint density at radius 2 is 1.86 bits per heavy atom. The van der Waals surface area contributed by atoms with Crippen LogP contribution in [0.25, 0.3) is 10.9 Å². The molecule has 0 fully saturated rings. The molecule has 0 aliphatic carbocycles. The standard InChI is InChI=1S/C16H14N4O.ClH/c1-10-2-4-11(5-3-10)15(21)19-13-6-7-14-12(8-13)9-18-16(17)20-14;/h2-9H,1H3,(H,19,21)(H2,17,18,20);1H. The number of anilines is 2. The number of carbonyl (C=O) groups is 1. The van der Waals surface area contributed by atoms with Crippen molar-refractivity contribution in [1.82, 2.24) is 9.97 Å². The third kappa shape index (κ3) is 3.32. The number of hydrogen-bond donors (Lipinski definition) is 2. The van der Waals surface area contributed by atoms with Crippen molar-refractivity contribution < 1.29 is 4.79 Å². The van der Waals surface area contributed by atoms with Crippen LogP contribution in [0.15, 0.2) is 48.7 Å². The maximum absolute atomic E-state index is 12.2. The monoisotopic (exact) mass is 314 g/mol. The molecule has 0 atom stereocenters. The zero-order chi connectivity index (χ0) is 14.8. The molecule has 0 unspecified atom stereocenters. The number of hydrogen-bond acceptors (Lipinski definition) is 4. The van der Waals surface area contributed by atoms with Gasteiger partial charge in [-0.1, -0.05) is 17.7 Å². The number of fused-ring (bicyclic) bond motifs is 1. The molecule has 0 bridgehead atoms. The number of nitrogens with zero attached hydrogens (tertiary/aromatic N) is 2. The minimum atomic E-state index is -0.147. The molecule has 2 aromatic carbocycles. The van der Waals surface area contributed by atoms with Gasteiger partial charge in [0.05, 0.1) is 5.52 Å². The lowest BCUT2D eigenvalue weighted by Gasteiger charge is -2.07. The quantitative estimate of drug-likeness (QED) is 0.761. The summed E-state index contributed by atoms with van der Waals surface area (Å²) < 4.78 is 0. The average molecular weight is 315 g/mol. The number of aryl methyl sites for hydroxylation is 1. The molecule has 1 heterocycles. The van der Waals surface area contributed by atoms with Crippen LogP contribution in [0, 0.1) is 6.92 Å². The third-order valence-corrected chi connectivity index (χ3v) is 3.17. The van der Waals surface area contributed by atoms with Crippen molar-refractivity contribution in [2.24, 2.45) is 0 Å². The van der Waals surface area contributed by atoms with E-state index in [4.69, 9.17) is 5.73 Å². The molecular weight excluding hydrogens is 300 g/mol. The van der Waals surface area contributed by atoms with Crippen molar-refractivity contribution in [2.45, 2.75) is 6.92 Å². The highest BCUT2D eigenvalue weighted by atomic mass is 35.5. The van der Waals surface area contributed by atoms with Gasteiger partial charge in [0.2, 0.25) is 5.95 Å². The SMILES string of the molecule is Cc1ccc(C(=O)Nc2ccc3nc(N)ncc3c2)cc1.Cl. The smallest absolute Gasteiger partial charge is 0.255 e. The first-order valence-corrected chi connectivity index (χ1v) is 6.52. The summed E-state index contributed by atoms with van der Waals surface area (Å²) in [6.45, 7) is 1.98. The molecule has 112 valence electrons. The van der Waals surface area contributed by atoms with E-state index >= 15 is 0 Å². The summed E-state index contributed by atoms with van der Waals surface area (Å²) in [6.07, 6.45) is 1.64. The molecule has 0 aliphatic heterocycles. The van der Waals surface area contributed by atoms with Gasteiger partial charge in [-0.3, -0.25) is 4.79 Å². The Kier molecular flexibility index (Phi) is 4.58. The van der Waals surface area contributed by atoms with Gasteiger partial charge in [0.15, 0.2) is 0 Å². The fourth-order valence-electron chi connectivity index (χ4n) is 2.03. The van der Waals surface area contributed by atoms with Crippen molar-refractivity contribution in [3.8, 4) is 0 Å². The number of halogens is 1. The topological polar surface area (TPSA) is 80.9 Å². The maximum atomic E-state index is 12.2. The highest BCUT2D eigenvalue weighted by Crippen LogP contribution is 2.18. The van der Waals surface area contributed by atoms with Crippen molar-refractivity contribution >= 4 is 40.9 Å². The molecule has 3 N–H and O–H groups in total. The molecule has 5 nitrogen and oxygen atoms in total. The molecule has 6 heteroatoms. The molecule has 22 heavy (non-hydrogen) atoms. The van der Waals surface area contributed by atoms with E-state index in [-0.39, 0.29) is 24.3 Å². The number of aromatic nitrogens is 2. The van der Waals surface area contributed by atoms with Gasteiger partial charge in [-0.15, -0.1) is 12.4 Å². The maximum Gasteiger partial charge on any atom is 0.255 e. The summed E-state index contributed by atoms with van der Waals surface area (Å²) in [6, 6.07) is 12.8. The molecule has 1 aromatic heterocycles. The van der Waals surface area contributed by atoms with Crippen LogP contribution in [0.5, 0.6) is 0 Å². The second kappa shape index (κ2) is 6.41. The van der Waals surface area contributed by atoms with Gasteiger partial charge >= 0.3 is 0 Å². The van der Waals surface area contributed by atoms with Gasteiger partial charge in [-0.05, 0) is 37.3 Å². The highest BCUT2D eigenvalue weighted by molar-refractivity contribution is 6.05. The van der Waals surface area contributed by atoms with E-state index in [2.05, 4.69) is 15.3 Å². The van der Waals surface area contributed by atoms with Gasteiger partial charge in [-0.2, -0.15) is 0 Å². The second-order valence-corrected chi connectivity index (χ2v) is 4.82. The van der Waals surface area contributed by atoms with Crippen LogP contribution in [0.4, 0.5) is 11.6 Å². The van der Waals surface area contributed by atoms with Gasteiger partial charge < -0.3 is 11.1 Å². The van der Waals surface area contributed by atoms with Crippen molar-refractivity contribution in [3.63, 3.8) is 0 Å². The molecule has 3 rings (SSSR count). The largest absolute Gasteiger partial charge is 0.368 e. The highest BCUT2D eigenvalue weighted by Gasteiger charge is 2.06. The first kappa shape index (κ1) is 15.7. The molecular formula is C16H15ClN4O. The molecule has 1 amide bonds. The minimum Gasteiger partial charge on any atom is -0.368 e. The van der Waals surface area contributed by atoms with Crippen LogP contribution >= 0.6 is 12.4 Å². The summed E-state index contributed by atoms with van der Waals surface area (Å²) in [7, 11) is 0. The van der Waals surface area contributed by atoms with Gasteiger partial charge in [0, 0.05) is 22.8 Å². The lowest BCUT2D eigenvalue weighted by atomic mass is 10.1. The van der Waals surface area contributed by atoms with E-state index in [1.165, 1.54) is 0 Å². The van der Waals surface area contributed by atoms with Gasteiger partial charge in [0.25, 0.3) is 5.91 Å². The number of nitrogens with two attached hydrogens (primary N) is 1. The van der Waals surface area contributed by atoms with E-state index < -0.39 is 0 Å². The molecule has 0 spiro atoms. The second-order valence-electron chi connectivity index (χ2n) is 4.82. The van der Waals surface area contributed by atoms with E-state index in [0.717, 1.165) is 16.5 Å². The molecule has 0 radical (unpaired) electrons. The Hall–Kier alpha value is -2.66. The minimum absolute atomic E-state index is 0. The Morgan fingerprint density at radius 1 is 1.14 bits per heavy atom. The number of nitrogen functional groups attached to an aromatic ring is 1. The zero-order valence-corrected chi connectivity index (χ0v) is 12.7. The number of amides is 1. The summed E-state index contributed by atoms with van der Waals surface area (Å²) in [5.74, 6) is 0.0876. The van der Waals surface area contributed by atoms with Crippen LogP contribution in [-0.2, 0) is 0 Å². The first-order valence-electron chi connectivity index (χ1n) is 6.52. The summed E-state index contributed by atoms with van der Waals surface area (Å²) in [5, 5.41) is 3.68. The van der Waals surface area contributed by atoms with Gasteiger partial charge in [-0.25, -0.2) is 9.97 Å². The molecule has 0 saturated carbocycles. The van der Waals surface area contributed by atoms with Crippen LogP contribution in [0.2, 0.25) is 0 Å². The lowest BCUT2D eigenvalue weighted by Crippen LogP contribution is -2.11. The van der Waals surface area contributed by atoms with E-state index in [1.54, 1.807) is 30.5 Å². The van der Waals surface area contributed by atoms with Gasteiger partial charge in [0.1, 0.15) is 0 Å². The molecule has 3 aromatic rings. The van der Waals surface area contributed by atoms with Crippen LogP contribution in [0.3, 0.4) is 0 Å². The van der Waals surface area contributed by atoms with Crippen LogP contribution in [0.1, 0.15) is 15.9 Å². The Balaban J connectivity index is 0.00000176. The number of carbonyl (C=O) groups excluding carboxylic acids is 1. The van der Waals surface area contributed by atoms with Crippen LogP contribution in [-0.4, -0.2) is 15.9 Å². The van der Waals surface area contributed by atoms with E-state index in [0.29, 0.717) is 11.3 Å². The summed E-state index contributed by atoms with van der Waals surface area (Å²) in [5.41, 5.74) is 8.72. The lowest BCUT2D eigenvalue weighted by molar-refractivity contribution is 0.102. The Labute approximate surface area is 134 Å². The third-order valence-electron chi connectivity index (χ3n) is 3.17. The molecule has 0 aliphatic rings. The van der Waals surface area contributed by atoms with Crippen molar-refractivity contribution in [1.29, 1.82) is 0 Å². The number of rotatable bonds is 2. The molecule has 0 saturated heterocycles. The Bertz CT molecular complexity index is 818. The number of benzene rings is 2. The Morgan fingerprint density at radius 3 is 2.59 bits per heavy atom. The normalized spacial score (nSPS) is 10.0. The van der Waals surface area contributed by atoms with Crippen LogP contribution < -0.4 is 11.1 Å². The first-order chi connectivity index (χ1) is 10.1. The predicted octanol–water partition coefficient (Wildman–Crippen LogP) is 3.19. The van der Waals surface area contributed by atoms with E-state index in [1.807, 2.05) is 25.1 Å². The van der Waals surface area contributed by atoms with E-state index in [9.17, 15) is 4.79 Å². The van der Waals surface area contributed by atoms with Crippen molar-refractivity contribution in [3.05, 3.63) is 59.8 Å². The zero-order valence-electron chi connectivity index (χ0n) is 11.9. The fraction of sp³-hybridized carbons (Fsp3) is 0.0625. The van der Waals surface area contributed by atoms with Crippen molar-refractivity contribution in [2.75, 3.05) is 11.1 Å².